The molecule has 7 nitrogen and oxygen atoms in total. The molecular weight excluding hydrogens is 320 g/mol. The maximum Gasteiger partial charge on any atom is 0.261 e. The number of fused-ring (bicyclic) bond motifs is 1. The fourth-order valence-corrected chi connectivity index (χ4v) is 2.51. The number of hydrogen-bond donors (Lipinski definition) is 2. The minimum atomic E-state index is -0.620. The Hall–Kier alpha value is -3.48. The van der Waals surface area contributed by atoms with E-state index in [1.807, 2.05) is 6.07 Å². The largest absolute Gasteiger partial charge is 0.366 e. The molecule has 0 aliphatic rings. The molecule has 1 aromatic heterocycles. The van der Waals surface area contributed by atoms with E-state index in [1.165, 1.54) is 17.0 Å². The summed E-state index contributed by atoms with van der Waals surface area (Å²) in [6, 6.07) is 13.5. The molecule has 0 bridgehead atoms. The summed E-state index contributed by atoms with van der Waals surface area (Å²) in [4.78, 5) is 40.1. The van der Waals surface area contributed by atoms with Crippen molar-refractivity contribution in [3.8, 4) is 0 Å². The Balaban J connectivity index is 1.72. The number of anilines is 1. The summed E-state index contributed by atoms with van der Waals surface area (Å²) in [6.07, 6.45) is 1.49. The summed E-state index contributed by atoms with van der Waals surface area (Å²) in [5.41, 5.74) is 6.29. The van der Waals surface area contributed by atoms with Crippen LogP contribution in [-0.2, 0) is 11.3 Å². The predicted octanol–water partition coefficient (Wildman–Crippen LogP) is 1.52. The first-order chi connectivity index (χ1) is 12.1. The number of primary amides is 1. The van der Waals surface area contributed by atoms with Gasteiger partial charge in [0.15, 0.2) is 0 Å². The molecule has 126 valence electrons. The number of aromatic nitrogens is 2. The molecule has 3 aromatic rings. The number of nitrogens with zero attached hydrogens (tertiary/aromatic N) is 2. The Morgan fingerprint density at radius 1 is 1.08 bits per heavy atom. The highest BCUT2D eigenvalue weighted by molar-refractivity contribution is 6.02. The van der Waals surface area contributed by atoms with Gasteiger partial charge in [-0.15, -0.1) is 0 Å². The van der Waals surface area contributed by atoms with Crippen LogP contribution >= 0.6 is 0 Å². The highest BCUT2D eigenvalue weighted by Gasteiger charge is 2.11. The first-order valence-electron chi connectivity index (χ1n) is 7.69. The van der Waals surface area contributed by atoms with Crippen molar-refractivity contribution in [1.82, 2.24) is 9.55 Å². The molecule has 0 aliphatic heterocycles. The molecule has 0 saturated carbocycles. The van der Waals surface area contributed by atoms with Crippen LogP contribution in [0.3, 0.4) is 0 Å². The number of amides is 2. The van der Waals surface area contributed by atoms with Crippen molar-refractivity contribution in [2.75, 3.05) is 5.32 Å². The van der Waals surface area contributed by atoms with E-state index >= 15 is 0 Å². The quantitative estimate of drug-likeness (QED) is 0.736. The van der Waals surface area contributed by atoms with Gasteiger partial charge in [-0.1, -0.05) is 24.3 Å². The maximum atomic E-state index is 12.4. The number of hydrogen-bond acceptors (Lipinski definition) is 4. The molecule has 1 heterocycles. The van der Waals surface area contributed by atoms with Gasteiger partial charge in [-0.3, -0.25) is 19.0 Å². The second kappa shape index (κ2) is 6.96. The van der Waals surface area contributed by atoms with Crippen molar-refractivity contribution in [2.24, 2.45) is 5.73 Å². The zero-order chi connectivity index (χ0) is 17.8. The van der Waals surface area contributed by atoms with Gasteiger partial charge in [0.25, 0.3) is 11.5 Å². The first-order valence-corrected chi connectivity index (χ1v) is 7.69. The Labute approximate surface area is 143 Å². The van der Waals surface area contributed by atoms with Crippen LogP contribution in [0.5, 0.6) is 0 Å². The van der Waals surface area contributed by atoms with Crippen LogP contribution in [0.2, 0.25) is 0 Å². The fourth-order valence-electron chi connectivity index (χ4n) is 2.51. The number of rotatable bonds is 5. The lowest BCUT2D eigenvalue weighted by atomic mass is 10.1. The van der Waals surface area contributed by atoms with Crippen molar-refractivity contribution >= 4 is 28.4 Å². The number of nitrogens with one attached hydrogen (secondary N) is 1. The van der Waals surface area contributed by atoms with Crippen LogP contribution in [0, 0.1) is 0 Å². The molecule has 0 spiro atoms. The average Bonchev–Trinajstić information content (AvgIpc) is 2.61. The third-order valence-electron chi connectivity index (χ3n) is 3.78. The van der Waals surface area contributed by atoms with Gasteiger partial charge in [0.2, 0.25) is 5.91 Å². The molecule has 0 radical (unpaired) electrons. The number of carbonyl (C=O) groups is 2. The summed E-state index contributed by atoms with van der Waals surface area (Å²) >= 11 is 0. The number of para-hydroxylation sites is 2. The van der Waals surface area contributed by atoms with Crippen molar-refractivity contribution in [2.45, 2.75) is 13.0 Å². The second-order valence-electron chi connectivity index (χ2n) is 5.47. The number of aryl methyl sites for hydroxylation is 1. The van der Waals surface area contributed by atoms with E-state index < -0.39 is 5.91 Å². The Morgan fingerprint density at radius 3 is 2.60 bits per heavy atom. The van der Waals surface area contributed by atoms with Crippen molar-refractivity contribution in [1.29, 1.82) is 0 Å². The van der Waals surface area contributed by atoms with Crippen LogP contribution in [0.15, 0.2) is 59.7 Å². The summed E-state index contributed by atoms with van der Waals surface area (Å²) in [6.45, 7) is 0.182. The summed E-state index contributed by atoms with van der Waals surface area (Å²) in [5, 5.41) is 3.15. The lowest BCUT2D eigenvalue weighted by molar-refractivity contribution is -0.116. The SMILES string of the molecule is NC(=O)c1ccccc1NC(=O)CCn1cnc2ccccc2c1=O. The van der Waals surface area contributed by atoms with Gasteiger partial charge in [0, 0.05) is 13.0 Å². The molecule has 0 unspecified atom stereocenters. The molecule has 2 amide bonds. The molecule has 0 aliphatic carbocycles. The first kappa shape index (κ1) is 16.4. The number of carbonyl (C=O) groups excluding carboxylic acids is 2. The molecule has 3 rings (SSSR count). The van der Waals surface area contributed by atoms with Gasteiger partial charge in [-0.05, 0) is 24.3 Å². The lowest BCUT2D eigenvalue weighted by Gasteiger charge is -2.10. The van der Waals surface area contributed by atoms with Gasteiger partial charge >= 0.3 is 0 Å². The van der Waals surface area contributed by atoms with Gasteiger partial charge < -0.3 is 11.1 Å². The van der Waals surface area contributed by atoms with E-state index in [-0.39, 0.29) is 30.0 Å². The molecule has 0 atom stereocenters. The molecule has 0 saturated heterocycles. The standard InChI is InChI=1S/C18H16N4O3/c19-17(24)12-5-1-4-8-15(12)21-16(23)9-10-22-11-20-14-7-3-2-6-13(14)18(22)25/h1-8,11H,9-10H2,(H2,19,24)(H,21,23). The summed E-state index contributed by atoms with van der Waals surface area (Å²) in [5.74, 6) is -0.945. The Bertz CT molecular complexity index is 1010. The number of nitrogens with two attached hydrogens (primary N) is 1. The smallest absolute Gasteiger partial charge is 0.261 e. The third-order valence-corrected chi connectivity index (χ3v) is 3.78. The van der Waals surface area contributed by atoms with E-state index in [2.05, 4.69) is 10.3 Å². The van der Waals surface area contributed by atoms with Crippen molar-refractivity contribution in [3.05, 3.63) is 70.8 Å². The maximum absolute atomic E-state index is 12.4. The lowest BCUT2D eigenvalue weighted by Crippen LogP contribution is -2.24. The monoisotopic (exact) mass is 336 g/mol. The molecular formula is C18H16N4O3. The van der Waals surface area contributed by atoms with Crippen LogP contribution in [-0.4, -0.2) is 21.4 Å². The minimum absolute atomic E-state index is 0.0625. The molecule has 25 heavy (non-hydrogen) atoms. The zero-order valence-electron chi connectivity index (χ0n) is 13.3. The molecule has 3 N–H and O–H groups in total. The Morgan fingerprint density at radius 2 is 1.80 bits per heavy atom. The van der Waals surface area contributed by atoms with Gasteiger partial charge in [-0.25, -0.2) is 4.98 Å². The van der Waals surface area contributed by atoms with E-state index in [0.29, 0.717) is 16.6 Å². The highest BCUT2D eigenvalue weighted by atomic mass is 16.2. The van der Waals surface area contributed by atoms with E-state index in [1.54, 1.807) is 36.4 Å². The summed E-state index contributed by atoms with van der Waals surface area (Å²) < 4.78 is 1.39. The van der Waals surface area contributed by atoms with E-state index in [9.17, 15) is 14.4 Å². The van der Waals surface area contributed by atoms with Crippen LogP contribution in [0.1, 0.15) is 16.8 Å². The average molecular weight is 336 g/mol. The third kappa shape index (κ3) is 3.55. The van der Waals surface area contributed by atoms with Gasteiger partial charge in [-0.2, -0.15) is 0 Å². The molecule has 7 heteroatoms. The van der Waals surface area contributed by atoms with E-state index in [4.69, 9.17) is 5.73 Å². The second-order valence-corrected chi connectivity index (χ2v) is 5.47. The normalized spacial score (nSPS) is 10.6. The van der Waals surface area contributed by atoms with Crippen LogP contribution in [0.4, 0.5) is 5.69 Å². The molecule has 2 aromatic carbocycles. The topological polar surface area (TPSA) is 107 Å². The zero-order valence-corrected chi connectivity index (χ0v) is 13.3. The number of benzene rings is 2. The van der Waals surface area contributed by atoms with Crippen LogP contribution < -0.4 is 16.6 Å². The van der Waals surface area contributed by atoms with Crippen molar-refractivity contribution in [3.63, 3.8) is 0 Å². The Kier molecular flexibility index (Phi) is 4.56. The van der Waals surface area contributed by atoms with Gasteiger partial charge in [0.1, 0.15) is 0 Å². The van der Waals surface area contributed by atoms with Crippen molar-refractivity contribution < 1.29 is 9.59 Å². The molecule has 0 fully saturated rings. The van der Waals surface area contributed by atoms with E-state index in [0.717, 1.165) is 0 Å². The summed E-state index contributed by atoms with van der Waals surface area (Å²) in [7, 11) is 0. The van der Waals surface area contributed by atoms with Gasteiger partial charge in [0.05, 0.1) is 28.5 Å². The highest BCUT2D eigenvalue weighted by Crippen LogP contribution is 2.14. The predicted molar refractivity (Wildman–Crippen MR) is 94.2 cm³/mol. The fraction of sp³-hybridized carbons (Fsp3) is 0.111. The van der Waals surface area contributed by atoms with Crippen LogP contribution in [0.25, 0.3) is 10.9 Å². The minimum Gasteiger partial charge on any atom is -0.366 e.